The van der Waals surface area contributed by atoms with E-state index in [4.69, 9.17) is 9.68 Å². The molecule has 0 saturated carbocycles. The van der Waals surface area contributed by atoms with Crippen molar-refractivity contribution < 1.29 is 9.68 Å². The average Bonchev–Trinajstić information content (AvgIpc) is 3.13. The molecule has 2 aromatic heterocycles. The van der Waals surface area contributed by atoms with Crippen molar-refractivity contribution in [2.45, 2.75) is 0 Å². The quantitative estimate of drug-likeness (QED) is 0.512. The van der Waals surface area contributed by atoms with E-state index in [2.05, 4.69) is 20.6 Å². The van der Waals surface area contributed by atoms with Crippen molar-refractivity contribution in [2.24, 2.45) is 0 Å². The number of benzene rings is 2. The summed E-state index contributed by atoms with van der Waals surface area (Å²) in [5.41, 5.74) is 3.04. The van der Waals surface area contributed by atoms with E-state index in [9.17, 15) is 0 Å². The maximum absolute atomic E-state index is 5.41. The lowest BCUT2D eigenvalue weighted by Crippen LogP contribution is -2.24. The molecule has 0 amide bonds. The molecular formula is C13H10N6O2. The van der Waals surface area contributed by atoms with E-state index in [0.717, 1.165) is 22.1 Å². The highest BCUT2D eigenvalue weighted by Gasteiger charge is 2.06. The first-order valence-electron chi connectivity index (χ1n) is 6.29. The van der Waals surface area contributed by atoms with E-state index in [1.54, 1.807) is 0 Å². The van der Waals surface area contributed by atoms with Crippen molar-refractivity contribution in [1.29, 1.82) is 0 Å². The zero-order chi connectivity index (χ0) is 14.1. The van der Waals surface area contributed by atoms with Gasteiger partial charge >= 0.3 is 0 Å². The van der Waals surface area contributed by atoms with Crippen LogP contribution in [0.3, 0.4) is 0 Å². The molecule has 0 N–H and O–H groups in total. The van der Waals surface area contributed by atoms with Gasteiger partial charge in [0.15, 0.2) is 0 Å². The number of aromatic nitrogens is 6. The third-order valence-corrected chi connectivity index (χ3v) is 2.99. The smallest absolute Gasteiger partial charge is 0.280 e. The van der Waals surface area contributed by atoms with E-state index in [-0.39, 0.29) is 6.79 Å². The molecule has 4 rings (SSSR count). The number of nitrogens with zero attached hydrogens (tertiary/aromatic N) is 6. The Morgan fingerprint density at radius 1 is 0.714 bits per heavy atom. The van der Waals surface area contributed by atoms with E-state index >= 15 is 0 Å². The number of rotatable bonds is 4. The Hall–Kier alpha value is -3.16. The van der Waals surface area contributed by atoms with Gasteiger partial charge in [-0.25, -0.2) is 0 Å². The molecule has 0 unspecified atom stereocenters. The van der Waals surface area contributed by atoms with Crippen LogP contribution < -0.4 is 9.68 Å². The number of fused-ring (bicyclic) bond motifs is 2. The van der Waals surface area contributed by atoms with Gasteiger partial charge < -0.3 is 9.68 Å². The van der Waals surface area contributed by atoms with Crippen LogP contribution in [0.25, 0.3) is 22.1 Å². The van der Waals surface area contributed by atoms with E-state index in [0.29, 0.717) is 0 Å². The maximum atomic E-state index is 5.41. The minimum absolute atomic E-state index is 0.0687. The highest BCUT2D eigenvalue weighted by molar-refractivity contribution is 5.74. The summed E-state index contributed by atoms with van der Waals surface area (Å²) in [4.78, 5) is 13.5. The lowest BCUT2D eigenvalue weighted by Gasteiger charge is -2.06. The van der Waals surface area contributed by atoms with Gasteiger partial charge in [-0.2, -0.15) is 0 Å². The summed E-state index contributed by atoms with van der Waals surface area (Å²) in [5, 5.41) is 15.8. The minimum atomic E-state index is -0.0687. The zero-order valence-electron chi connectivity index (χ0n) is 10.8. The van der Waals surface area contributed by atoms with Crippen molar-refractivity contribution in [3.63, 3.8) is 0 Å². The third-order valence-electron chi connectivity index (χ3n) is 2.99. The molecule has 2 aromatic carbocycles. The molecule has 104 valence electrons. The van der Waals surface area contributed by atoms with Crippen LogP contribution >= 0.6 is 0 Å². The number of hydrogen-bond donors (Lipinski definition) is 0. The van der Waals surface area contributed by atoms with Gasteiger partial charge in [0.25, 0.3) is 6.79 Å². The molecule has 8 nitrogen and oxygen atoms in total. The average molecular weight is 282 g/mol. The molecule has 0 aliphatic heterocycles. The summed E-state index contributed by atoms with van der Waals surface area (Å²) in [6.45, 7) is -0.0687. The van der Waals surface area contributed by atoms with Crippen LogP contribution in [0.1, 0.15) is 0 Å². The molecule has 0 spiro atoms. The van der Waals surface area contributed by atoms with Gasteiger partial charge in [0, 0.05) is 0 Å². The van der Waals surface area contributed by atoms with Crippen LogP contribution in [0.4, 0.5) is 0 Å². The fourth-order valence-corrected chi connectivity index (χ4v) is 2.01. The molecule has 0 saturated heterocycles. The Morgan fingerprint density at radius 3 is 1.71 bits per heavy atom. The molecular weight excluding hydrogens is 272 g/mol. The predicted molar refractivity (Wildman–Crippen MR) is 73.1 cm³/mol. The molecule has 0 atom stereocenters. The van der Waals surface area contributed by atoms with Crippen LogP contribution in [0.2, 0.25) is 0 Å². The highest BCUT2D eigenvalue weighted by atomic mass is 16.8. The first-order valence-corrected chi connectivity index (χ1v) is 6.29. The van der Waals surface area contributed by atoms with Crippen LogP contribution in [0.15, 0.2) is 48.5 Å². The normalized spacial score (nSPS) is 11.0. The lowest BCUT2D eigenvalue weighted by molar-refractivity contribution is -0.0810. The summed E-state index contributed by atoms with van der Waals surface area (Å²) >= 11 is 0. The monoisotopic (exact) mass is 282 g/mol. The second kappa shape index (κ2) is 4.75. The SMILES string of the molecule is c1ccc2c(c1)nnn2OCOn1nnc2ccccc21. The summed E-state index contributed by atoms with van der Waals surface area (Å²) in [7, 11) is 0. The second-order valence-corrected chi connectivity index (χ2v) is 4.28. The topological polar surface area (TPSA) is 79.9 Å². The Morgan fingerprint density at radius 2 is 1.19 bits per heavy atom. The van der Waals surface area contributed by atoms with Crippen molar-refractivity contribution in [1.82, 2.24) is 30.3 Å². The van der Waals surface area contributed by atoms with Gasteiger partial charge in [0.2, 0.25) is 0 Å². The van der Waals surface area contributed by atoms with E-state index in [1.807, 2.05) is 48.5 Å². The molecule has 0 aliphatic carbocycles. The molecule has 0 bridgehead atoms. The predicted octanol–water partition coefficient (Wildman–Crippen LogP) is 0.691. The summed E-state index contributed by atoms with van der Waals surface area (Å²) < 4.78 is 0. The van der Waals surface area contributed by atoms with Gasteiger partial charge in [0.05, 0.1) is 0 Å². The molecule has 8 heteroatoms. The van der Waals surface area contributed by atoms with E-state index in [1.165, 1.54) is 9.69 Å². The number of para-hydroxylation sites is 2. The molecule has 4 aromatic rings. The van der Waals surface area contributed by atoms with E-state index < -0.39 is 0 Å². The van der Waals surface area contributed by atoms with Crippen molar-refractivity contribution in [2.75, 3.05) is 6.79 Å². The molecule has 0 aliphatic rings. The Bertz CT molecular complexity index is 826. The van der Waals surface area contributed by atoms with Crippen molar-refractivity contribution in [3.05, 3.63) is 48.5 Å². The highest BCUT2D eigenvalue weighted by Crippen LogP contribution is 2.09. The van der Waals surface area contributed by atoms with Gasteiger partial charge in [-0.1, -0.05) is 34.0 Å². The van der Waals surface area contributed by atoms with Crippen LogP contribution in [-0.2, 0) is 0 Å². The molecule has 21 heavy (non-hydrogen) atoms. The van der Waals surface area contributed by atoms with Gasteiger partial charge in [-0.3, -0.25) is 0 Å². The molecule has 0 fully saturated rings. The fraction of sp³-hybridized carbons (Fsp3) is 0.0769. The summed E-state index contributed by atoms with van der Waals surface area (Å²) in [6, 6.07) is 15.0. The Balaban J connectivity index is 1.50. The van der Waals surface area contributed by atoms with Crippen LogP contribution in [0, 0.1) is 0 Å². The Labute approximate surface area is 118 Å². The number of hydrogen-bond acceptors (Lipinski definition) is 6. The van der Waals surface area contributed by atoms with Gasteiger partial charge in [-0.15, -0.1) is 10.2 Å². The molecule has 2 heterocycles. The second-order valence-electron chi connectivity index (χ2n) is 4.28. The lowest BCUT2D eigenvalue weighted by atomic mass is 10.3. The van der Waals surface area contributed by atoms with Crippen molar-refractivity contribution in [3.8, 4) is 0 Å². The fourth-order valence-electron chi connectivity index (χ4n) is 2.01. The summed E-state index contributed by atoms with van der Waals surface area (Å²) in [6.07, 6.45) is 0. The zero-order valence-corrected chi connectivity index (χ0v) is 10.8. The largest absolute Gasteiger partial charge is 0.351 e. The summed E-state index contributed by atoms with van der Waals surface area (Å²) in [5.74, 6) is 0. The van der Waals surface area contributed by atoms with Crippen molar-refractivity contribution >= 4 is 22.1 Å². The van der Waals surface area contributed by atoms with Gasteiger partial charge in [-0.05, 0) is 34.7 Å². The Kier molecular flexibility index (Phi) is 2.63. The first kappa shape index (κ1) is 11.6. The minimum Gasteiger partial charge on any atom is -0.351 e. The molecule has 0 radical (unpaired) electrons. The first-order chi connectivity index (χ1) is 10.4. The van der Waals surface area contributed by atoms with Crippen LogP contribution in [-0.4, -0.2) is 37.1 Å². The van der Waals surface area contributed by atoms with Crippen LogP contribution in [0.5, 0.6) is 0 Å². The standard InChI is InChI=1S/C13H10N6O2/c1-3-7-12-10(5-1)14-16-18(12)20-9-21-19-13-8-4-2-6-11(13)15-17-19/h1-8H,9H2. The maximum Gasteiger partial charge on any atom is 0.280 e. The third kappa shape index (κ3) is 2.02. The van der Waals surface area contributed by atoms with Gasteiger partial charge in [0.1, 0.15) is 22.1 Å².